The van der Waals surface area contributed by atoms with Gasteiger partial charge in [0.15, 0.2) is 14.8 Å². The molecule has 0 amide bonds. The van der Waals surface area contributed by atoms with Crippen molar-refractivity contribution in [2.24, 2.45) is 0 Å². The number of rotatable bonds is 5. The molecule has 0 aromatic carbocycles. The number of nitrogens with zero attached hydrogens (tertiary/aromatic N) is 2. The van der Waals surface area contributed by atoms with E-state index in [2.05, 4.69) is 0 Å². The Hall–Kier alpha value is -1.19. The molecule has 0 bridgehead atoms. The van der Waals surface area contributed by atoms with Gasteiger partial charge >= 0.3 is 5.69 Å². The summed E-state index contributed by atoms with van der Waals surface area (Å²) in [6.07, 6.45) is 0.998. The minimum atomic E-state index is -3.46. The molecule has 1 aromatic rings. The molecule has 9 heteroatoms. The zero-order valence-corrected chi connectivity index (χ0v) is 10.9. The molecular weight excluding hydrogens is 268 g/mol. The summed E-state index contributed by atoms with van der Waals surface area (Å²) >= 11 is 0.828. The maximum Gasteiger partial charge on any atom is 0.304 e. The van der Waals surface area contributed by atoms with Gasteiger partial charge in [-0.1, -0.05) is 11.3 Å². The third kappa shape index (κ3) is 3.14. The van der Waals surface area contributed by atoms with E-state index in [1.165, 1.54) is 4.90 Å². The van der Waals surface area contributed by atoms with Crippen LogP contribution >= 0.6 is 11.3 Å². The number of hydrogen-bond donors (Lipinski definition) is 1. The second-order valence-electron chi connectivity index (χ2n) is 3.43. The van der Waals surface area contributed by atoms with Gasteiger partial charge < -0.3 is 10.0 Å². The lowest BCUT2D eigenvalue weighted by Crippen LogP contribution is -2.20. The average Bonchev–Trinajstić information content (AvgIpc) is 2.61. The molecule has 0 fully saturated rings. The third-order valence-electron chi connectivity index (χ3n) is 2.02. The summed E-state index contributed by atoms with van der Waals surface area (Å²) in [6, 6.07) is 1.04. The molecule has 0 saturated heterocycles. The zero-order valence-electron chi connectivity index (χ0n) is 9.28. The second kappa shape index (κ2) is 4.98. The summed E-state index contributed by atoms with van der Waals surface area (Å²) in [4.78, 5) is 11.6. The first-order chi connectivity index (χ1) is 7.77. The first kappa shape index (κ1) is 13.9. The normalized spacial score (nSPS) is 11.5. The second-order valence-corrected chi connectivity index (χ2v) is 6.70. The Kier molecular flexibility index (Phi) is 4.07. The Morgan fingerprint density at radius 2 is 2.18 bits per heavy atom. The highest BCUT2D eigenvalue weighted by molar-refractivity contribution is 7.92. The van der Waals surface area contributed by atoms with E-state index in [0.29, 0.717) is 0 Å². The quantitative estimate of drug-likeness (QED) is 0.622. The van der Waals surface area contributed by atoms with Gasteiger partial charge in [0, 0.05) is 25.9 Å². The topological polar surface area (TPSA) is 101 Å². The number of thiophene rings is 1. The largest absolute Gasteiger partial charge is 0.395 e. The van der Waals surface area contributed by atoms with Crippen LogP contribution in [0.3, 0.4) is 0 Å². The highest BCUT2D eigenvalue weighted by Gasteiger charge is 2.25. The van der Waals surface area contributed by atoms with Crippen LogP contribution in [0.15, 0.2) is 10.3 Å². The summed E-state index contributed by atoms with van der Waals surface area (Å²) < 4.78 is 22.6. The van der Waals surface area contributed by atoms with E-state index in [0.717, 1.165) is 23.7 Å². The Morgan fingerprint density at radius 1 is 1.59 bits per heavy atom. The molecule has 96 valence electrons. The van der Waals surface area contributed by atoms with E-state index in [9.17, 15) is 18.5 Å². The van der Waals surface area contributed by atoms with E-state index in [1.807, 2.05) is 0 Å². The Bertz CT molecular complexity index is 522. The van der Waals surface area contributed by atoms with Crippen LogP contribution in [-0.4, -0.2) is 44.9 Å². The summed E-state index contributed by atoms with van der Waals surface area (Å²) in [5.74, 6) is 0. The molecule has 1 aromatic heterocycles. The fourth-order valence-corrected chi connectivity index (χ4v) is 3.20. The summed E-state index contributed by atoms with van der Waals surface area (Å²) in [5.41, 5.74) is -0.258. The highest BCUT2D eigenvalue weighted by Crippen LogP contribution is 2.38. The number of anilines is 1. The summed E-state index contributed by atoms with van der Waals surface area (Å²) in [7, 11) is -1.90. The number of nitro groups is 1. The molecule has 0 saturated carbocycles. The van der Waals surface area contributed by atoms with Crippen molar-refractivity contribution in [1.82, 2.24) is 0 Å². The first-order valence-corrected chi connectivity index (χ1v) is 7.28. The van der Waals surface area contributed by atoms with Gasteiger partial charge in [0.1, 0.15) is 4.21 Å². The van der Waals surface area contributed by atoms with E-state index in [4.69, 9.17) is 5.11 Å². The molecule has 1 rings (SSSR count). The van der Waals surface area contributed by atoms with Gasteiger partial charge in [-0.3, -0.25) is 10.1 Å². The molecule has 0 aliphatic heterocycles. The Morgan fingerprint density at radius 3 is 2.59 bits per heavy atom. The lowest BCUT2D eigenvalue weighted by Gasteiger charge is -2.14. The zero-order chi connectivity index (χ0) is 13.2. The van der Waals surface area contributed by atoms with Crippen LogP contribution in [0.1, 0.15) is 0 Å². The summed E-state index contributed by atoms with van der Waals surface area (Å²) in [5, 5.41) is 19.8. The van der Waals surface area contributed by atoms with E-state index >= 15 is 0 Å². The van der Waals surface area contributed by atoms with Crippen LogP contribution in [0.5, 0.6) is 0 Å². The van der Waals surface area contributed by atoms with Gasteiger partial charge in [-0.25, -0.2) is 8.42 Å². The number of aliphatic hydroxyl groups is 1. The minimum Gasteiger partial charge on any atom is -0.395 e. The fraction of sp³-hybridized carbons (Fsp3) is 0.500. The van der Waals surface area contributed by atoms with Crippen LogP contribution in [-0.2, 0) is 9.84 Å². The van der Waals surface area contributed by atoms with Crippen molar-refractivity contribution in [1.29, 1.82) is 0 Å². The van der Waals surface area contributed by atoms with Gasteiger partial charge in [-0.05, 0) is 0 Å². The molecule has 0 aliphatic carbocycles. The van der Waals surface area contributed by atoms with Crippen molar-refractivity contribution in [2.75, 3.05) is 31.4 Å². The number of hydrogen-bond acceptors (Lipinski definition) is 7. The smallest absolute Gasteiger partial charge is 0.304 e. The number of aliphatic hydroxyl groups excluding tert-OH is 1. The molecule has 1 heterocycles. The predicted molar refractivity (Wildman–Crippen MR) is 64.4 cm³/mol. The van der Waals surface area contributed by atoms with E-state index < -0.39 is 14.8 Å². The number of sulfone groups is 1. The lowest BCUT2D eigenvalue weighted by molar-refractivity contribution is -0.383. The molecule has 0 unspecified atom stereocenters. The summed E-state index contributed by atoms with van der Waals surface area (Å²) in [6.45, 7) is 0.0321. The molecule has 0 spiro atoms. The van der Waals surface area contributed by atoms with Crippen molar-refractivity contribution in [3.63, 3.8) is 0 Å². The van der Waals surface area contributed by atoms with Crippen molar-refractivity contribution in [3.8, 4) is 0 Å². The maximum absolute atomic E-state index is 11.3. The van der Waals surface area contributed by atoms with Gasteiger partial charge in [0.25, 0.3) is 0 Å². The molecular formula is C8H12N2O5S2. The third-order valence-corrected chi connectivity index (χ3v) is 5.06. The SMILES string of the molecule is CN(CCO)c1sc(S(C)(=O)=O)cc1[N+](=O)[O-]. The van der Waals surface area contributed by atoms with Crippen molar-refractivity contribution in [3.05, 3.63) is 16.2 Å². The number of likely N-dealkylation sites (N-methyl/N-ethyl adjacent to an activating group) is 1. The van der Waals surface area contributed by atoms with Crippen LogP contribution in [0.25, 0.3) is 0 Å². The van der Waals surface area contributed by atoms with Crippen LogP contribution in [0.2, 0.25) is 0 Å². The van der Waals surface area contributed by atoms with Crippen molar-refractivity contribution < 1.29 is 18.4 Å². The molecule has 0 radical (unpaired) electrons. The van der Waals surface area contributed by atoms with Crippen LogP contribution in [0, 0.1) is 10.1 Å². The van der Waals surface area contributed by atoms with Crippen molar-refractivity contribution in [2.45, 2.75) is 4.21 Å². The molecule has 1 N–H and O–H groups in total. The first-order valence-electron chi connectivity index (χ1n) is 4.57. The minimum absolute atomic E-state index is 0.0519. The van der Waals surface area contributed by atoms with Gasteiger partial charge in [0.05, 0.1) is 11.5 Å². The molecule has 7 nitrogen and oxygen atoms in total. The van der Waals surface area contributed by atoms with Crippen molar-refractivity contribution >= 4 is 31.9 Å². The van der Waals surface area contributed by atoms with Gasteiger partial charge in [-0.2, -0.15) is 0 Å². The molecule has 0 atom stereocenters. The monoisotopic (exact) mass is 280 g/mol. The highest BCUT2D eigenvalue weighted by atomic mass is 32.2. The molecule has 17 heavy (non-hydrogen) atoms. The Labute approximate surface area is 102 Å². The Balaban J connectivity index is 3.28. The van der Waals surface area contributed by atoms with Gasteiger partial charge in [-0.15, -0.1) is 0 Å². The molecule has 0 aliphatic rings. The van der Waals surface area contributed by atoms with Crippen LogP contribution in [0.4, 0.5) is 10.7 Å². The van der Waals surface area contributed by atoms with Crippen LogP contribution < -0.4 is 4.90 Å². The van der Waals surface area contributed by atoms with Gasteiger partial charge in [0.2, 0.25) is 0 Å². The lowest BCUT2D eigenvalue weighted by atomic mass is 10.4. The average molecular weight is 280 g/mol. The maximum atomic E-state index is 11.3. The standard InChI is InChI=1S/C8H12N2O5S2/c1-9(3-4-11)8-6(10(12)13)5-7(16-8)17(2,14)15/h5,11H,3-4H2,1-2H3. The van der Waals surface area contributed by atoms with E-state index in [-0.39, 0.29) is 28.0 Å². The van der Waals surface area contributed by atoms with E-state index in [1.54, 1.807) is 7.05 Å². The predicted octanol–water partition coefficient (Wildman–Crippen LogP) is 0.488. The fourth-order valence-electron chi connectivity index (χ4n) is 1.19.